The molecule has 2 aromatic rings. The standard InChI is InChI=1S/C19H18N2O5/c1-14-5-2-3-7-16(14)12-20-18(22)13-26-19(23)10-9-15-6-4-8-17(11-15)21(24)25/h2-11H,12-13H2,1H3,(H,20,22)/b10-9+. The van der Waals surface area contributed by atoms with Gasteiger partial charge in [0.2, 0.25) is 0 Å². The Morgan fingerprint density at radius 2 is 1.96 bits per heavy atom. The van der Waals surface area contributed by atoms with Crippen molar-refractivity contribution >= 4 is 23.6 Å². The molecule has 0 spiro atoms. The molecule has 7 heteroatoms. The maximum absolute atomic E-state index is 11.7. The molecule has 0 unspecified atom stereocenters. The van der Waals surface area contributed by atoms with E-state index in [0.717, 1.165) is 17.2 Å². The van der Waals surface area contributed by atoms with Gasteiger partial charge in [0, 0.05) is 24.8 Å². The Hall–Kier alpha value is -3.48. The molecule has 0 saturated carbocycles. The third kappa shape index (κ3) is 5.86. The SMILES string of the molecule is Cc1ccccc1CNC(=O)COC(=O)/C=C/c1cccc([N+](=O)[O-])c1. The molecule has 0 saturated heterocycles. The fourth-order valence-corrected chi connectivity index (χ4v) is 2.14. The van der Waals surface area contributed by atoms with Crippen LogP contribution in [0.2, 0.25) is 0 Å². The first-order chi connectivity index (χ1) is 12.5. The van der Waals surface area contributed by atoms with Gasteiger partial charge in [0.25, 0.3) is 11.6 Å². The second-order valence-electron chi connectivity index (χ2n) is 5.50. The molecule has 1 N–H and O–H groups in total. The molecule has 0 radical (unpaired) electrons. The van der Waals surface area contributed by atoms with E-state index in [-0.39, 0.29) is 5.69 Å². The van der Waals surface area contributed by atoms with Crippen LogP contribution in [0.25, 0.3) is 6.08 Å². The number of nitrogens with one attached hydrogen (secondary N) is 1. The maximum Gasteiger partial charge on any atom is 0.331 e. The zero-order chi connectivity index (χ0) is 18.9. The third-order valence-corrected chi connectivity index (χ3v) is 3.58. The largest absolute Gasteiger partial charge is 0.452 e. The van der Waals surface area contributed by atoms with E-state index in [1.807, 2.05) is 31.2 Å². The molecule has 0 bridgehead atoms. The minimum absolute atomic E-state index is 0.0731. The van der Waals surface area contributed by atoms with E-state index < -0.39 is 23.4 Å². The van der Waals surface area contributed by atoms with E-state index in [1.54, 1.807) is 6.07 Å². The number of esters is 1. The van der Waals surface area contributed by atoms with Crippen LogP contribution in [0.4, 0.5) is 5.69 Å². The van der Waals surface area contributed by atoms with E-state index in [0.29, 0.717) is 12.1 Å². The van der Waals surface area contributed by atoms with Gasteiger partial charge in [-0.2, -0.15) is 0 Å². The van der Waals surface area contributed by atoms with Crippen molar-refractivity contribution in [3.05, 3.63) is 81.4 Å². The number of carbonyl (C=O) groups excluding carboxylic acids is 2. The third-order valence-electron chi connectivity index (χ3n) is 3.58. The molecule has 0 fully saturated rings. The Labute approximate surface area is 150 Å². The smallest absolute Gasteiger partial charge is 0.331 e. The van der Waals surface area contributed by atoms with E-state index in [1.165, 1.54) is 24.3 Å². The average molecular weight is 354 g/mol. The van der Waals surface area contributed by atoms with E-state index >= 15 is 0 Å². The summed E-state index contributed by atoms with van der Waals surface area (Å²) in [7, 11) is 0. The fourth-order valence-electron chi connectivity index (χ4n) is 2.14. The second-order valence-corrected chi connectivity index (χ2v) is 5.50. The number of non-ortho nitro benzene ring substituents is 1. The number of aryl methyl sites for hydroxylation is 1. The van der Waals surface area contributed by atoms with Crippen LogP contribution in [0.5, 0.6) is 0 Å². The summed E-state index contributed by atoms with van der Waals surface area (Å²) >= 11 is 0. The zero-order valence-corrected chi connectivity index (χ0v) is 14.2. The highest BCUT2D eigenvalue weighted by molar-refractivity contribution is 5.89. The van der Waals surface area contributed by atoms with Gasteiger partial charge in [-0.25, -0.2) is 4.79 Å². The molecule has 2 aromatic carbocycles. The number of nitrogens with zero attached hydrogens (tertiary/aromatic N) is 1. The highest BCUT2D eigenvalue weighted by Gasteiger charge is 2.07. The van der Waals surface area contributed by atoms with Gasteiger partial charge in [0.15, 0.2) is 6.61 Å². The molecule has 7 nitrogen and oxygen atoms in total. The van der Waals surface area contributed by atoms with Crippen LogP contribution in [0.15, 0.2) is 54.6 Å². The minimum Gasteiger partial charge on any atom is -0.452 e. The molecule has 134 valence electrons. The van der Waals surface area contributed by atoms with Crippen LogP contribution in [-0.4, -0.2) is 23.4 Å². The van der Waals surface area contributed by atoms with Crippen molar-refractivity contribution in [2.45, 2.75) is 13.5 Å². The number of hydrogen-bond acceptors (Lipinski definition) is 5. The number of benzene rings is 2. The number of rotatable bonds is 7. The van der Waals surface area contributed by atoms with Gasteiger partial charge in [0.1, 0.15) is 0 Å². The van der Waals surface area contributed by atoms with Crippen molar-refractivity contribution < 1.29 is 19.2 Å². The van der Waals surface area contributed by atoms with Gasteiger partial charge in [-0.1, -0.05) is 36.4 Å². The lowest BCUT2D eigenvalue weighted by molar-refractivity contribution is -0.384. The first kappa shape index (κ1) is 18.9. The maximum atomic E-state index is 11.7. The monoisotopic (exact) mass is 354 g/mol. The normalized spacial score (nSPS) is 10.5. The van der Waals surface area contributed by atoms with Crippen LogP contribution in [0.1, 0.15) is 16.7 Å². The molecule has 2 rings (SSSR count). The van der Waals surface area contributed by atoms with E-state index in [2.05, 4.69) is 5.32 Å². The van der Waals surface area contributed by atoms with Gasteiger partial charge in [0.05, 0.1) is 4.92 Å². The Balaban J connectivity index is 1.79. The van der Waals surface area contributed by atoms with E-state index in [9.17, 15) is 19.7 Å². The van der Waals surface area contributed by atoms with Gasteiger partial charge in [-0.05, 0) is 29.7 Å². The van der Waals surface area contributed by atoms with Crippen molar-refractivity contribution in [3.8, 4) is 0 Å². The van der Waals surface area contributed by atoms with Gasteiger partial charge in [-0.3, -0.25) is 14.9 Å². The summed E-state index contributed by atoms with van der Waals surface area (Å²) in [6, 6.07) is 13.5. The number of nitro benzene ring substituents is 1. The lowest BCUT2D eigenvalue weighted by Gasteiger charge is -2.07. The summed E-state index contributed by atoms with van der Waals surface area (Å²) in [6.45, 7) is 1.90. The van der Waals surface area contributed by atoms with Crippen molar-refractivity contribution in [3.63, 3.8) is 0 Å². The Kier molecular flexibility index (Phi) is 6.61. The minimum atomic E-state index is -0.706. The zero-order valence-electron chi connectivity index (χ0n) is 14.2. The topological polar surface area (TPSA) is 98.5 Å². The predicted molar refractivity (Wildman–Crippen MR) is 96.1 cm³/mol. The number of nitro groups is 1. The van der Waals surface area contributed by atoms with Crippen molar-refractivity contribution in [2.75, 3.05) is 6.61 Å². The highest BCUT2D eigenvalue weighted by atomic mass is 16.6. The van der Waals surface area contributed by atoms with Gasteiger partial charge < -0.3 is 10.1 Å². The molecular formula is C19H18N2O5. The summed E-state index contributed by atoms with van der Waals surface area (Å²) in [5.74, 6) is -1.12. The number of amides is 1. The number of ether oxygens (including phenoxy) is 1. The first-order valence-electron chi connectivity index (χ1n) is 7.86. The van der Waals surface area contributed by atoms with Crippen LogP contribution in [0, 0.1) is 17.0 Å². The summed E-state index contributed by atoms with van der Waals surface area (Å²) in [5.41, 5.74) is 2.46. The highest BCUT2D eigenvalue weighted by Crippen LogP contribution is 2.14. The molecule has 0 heterocycles. The quantitative estimate of drug-likeness (QED) is 0.357. The summed E-state index contributed by atoms with van der Waals surface area (Å²) < 4.78 is 4.85. The molecule has 0 aliphatic heterocycles. The van der Waals surface area contributed by atoms with Crippen LogP contribution in [0.3, 0.4) is 0 Å². The van der Waals surface area contributed by atoms with Crippen LogP contribution in [-0.2, 0) is 20.9 Å². The van der Waals surface area contributed by atoms with Gasteiger partial charge >= 0.3 is 5.97 Å². The Bertz CT molecular complexity index is 845. The van der Waals surface area contributed by atoms with Crippen LogP contribution < -0.4 is 5.32 Å². The number of carbonyl (C=O) groups is 2. The molecule has 26 heavy (non-hydrogen) atoms. The van der Waals surface area contributed by atoms with Crippen molar-refractivity contribution in [1.82, 2.24) is 5.32 Å². The average Bonchev–Trinajstić information content (AvgIpc) is 2.64. The second kappa shape index (κ2) is 9.12. The molecular weight excluding hydrogens is 336 g/mol. The Morgan fingerprint density at radius 3 is 2.69 bits per heavy atom. The lowest BCUT2D eigenvalue weighted by atomic mass is 10.1. The van der Waals surface area contributed by atoms with Crippen molar-refractivity contribution in [1.29, 1.82) is 0 Å². The summed E-state index contributed by atoms with van der Waals surface area (Å²) in [6.07, 6.45) is 2.51. The molecule has 0 aromatic heterocycles. The van der Waals surface area contributed by atoms with Gasteiger partial charge in [-0.15, -0.1) is 0 Å². The Morgan fingerprint density at radius 1 is 1.19 bits per heavy atom. The van der Waals surface area contributed by atoms with Crippen molar-refractivity contribution in [2.24, 2.45) is 0 Å². The fraction of sp³-hybridized carbons (Fsp3) is 0.158. The molecule has 0 aliphatic carbocycles. The first-order valence-corrected chi connectivity index (χ1v) is 7.86. The molecule has 1 amide bonds. The molecule has 0 atom stereocenters. The molecule has 0 aliphatic rings. The number of hydrogen-bond donors (Lipinski definition) is 1. The summed E-state index contributed by atoms with van der Waals surface area (Å²) in [5, 5.41) is 13.4. The predicted octanol–water partition coefficient (Wildman–Crippen LogP) is 2.78. The van der Waals surface area contributed by atoms with E-state index in [4.69, 9.17) is 4.74 Å². The lowest BCUT2D eigenvalue weighted by Crippen LogP contribution is -2.28. The summed E-state index contributed by atoms with van der Waals surface area (Å²) in [4.78, 5) is 33.6. The van der Waals surface area contributed by atoms with Crippen LogP contribution >= 0.6 is 0 Å².